The van der Waals surface area contributed by atoms with Crippen molar-refractivity contribution in [2.45, 2.75) is 70.8 Å². The molecular weight excluding hydrogens is 238 g/mol. The van der Waals surface area contributed by atoms with E-state index in [2.05, 4.69) is 4.90 Å². The maximum Gasteiger partial charge on any atom is 0.307 e. The molecule has 1 aliphatic heterocycles. The minimum atomic E-state index is -0.00444. The second-order valence-corrected chi connectivity index (χ2v) is 6.15. The summed E-state index contributed by atoms with van der Waals surface area (Å²) in [5, 5.41) is 0. The molecule has 19 heavy (non-hydrogen) atoms. The summed E-state index contributed by atoms with van der Waals surface area (Å²) < 4.78 is 5.16. The van der Waals surface area contributed by atoms with E-state index in [1.807, 2.05) is 6.92 Å². The van der Waals surface area contributed by atoms with Gasteiger partial charge < -0.3 is 4.74 Å². The normalized spacial score (nSPS) is 23.4. The summed E-state index contributed by atoms with van der Waals surface area (Å²) in [6, 6.07) is 0.435. The monoisotopic (exact) mass is 267 g/mol. The fourth-order valence-electron chi connectivity index (χ4n) is 3.69. The smallest absolute Gasteiger partial charge is 0.307 e. The Morgan fingerprint density at radius 3 is 2.47 bits per heavy atom. The fraction of sp³-hybridized carbons (Fsp3) is 0.938. The number of likely N-dealkylation sites (tertiary alicyclic amines) is 1. The lowest BCUT2D eigenvalue weighted by atomic mass is 9.84. The molecule has 0 aromatic heterocycles. The quantitative estimate of drug-likeness (QED) is 0.691. The van der Waals surface area contributed by atoms with Crippen molar-refractivity contribution >= 4 is 5.97 Å². The van der Waals surface area contributed by atoms with E-state index in [0.717, 1.165) is 5.92 Å². The van der Waals surface area contributed by atoms with Gasteiger partial charge in [0.05, 0.1) is 13.0 Å². The molecule has 3 heteroatoms. The first-order valence-electron chi connectivity index (χ1n) is 8.19. The highest BCUT2D eigenvalue weighted by Crippen LogP contribution is 2.30. The molecule has 1 atom stereocenters. The van der Waals surface area contributed by atoms with Crippen LogP contribution in [-0.4, -0.2) is 36.6 Å². The zero-order valence-corrected chi connectivity index (χ0v) is 12.4. The van der Waals surface area contributed by atoms with Crippen molar-refractivity contribution < 1.29 is 9.53 Å². The fourth-order valence-corrected chi connectivity index (χ4v) is 3.69. The highest BCUT2D eigenvalue weighted by Gasteiger charge is 2.28. The first-order chi connectivity index (χ1) is 9.29. The van der Waals surface area contributed by atoms with Gasteiger partial charge in [0.2, 0.25) is 0 Å². The van der Waals surface area contributed by atoms with Gasteiger partial charge in [-0.3, -0.25) is 9.69 Å². The van der Waals surface area contributed by atoms with Gasteiger partial charge in [-0.1, -0.05) is 32.1 Å². The topological polar surface area (TPSA) is 29.5 Å². The third-order valence-electron chi connectivity index (χ3n) is 4.69. The minimum Gasteiger partial charge on any atom is -0.466 e. The third-order valence-corrected chi connectivity index (χ3v) is 4.69. The SMILES string of the molecule is CCOC(=O)CC(CC1CCCCC1)N1CCCC1. The van der Waals surface area contributed by atoms with E-state index in [9.17, 15) is 4.79 Å². The van der Waals surface area contributed by atoms with Crippen molar-refractivity contribution in [1.82, 2.24) is 4.90 Å². The molecule has 0 spiro atoms. The largest absolute Gasteiger partial charge is 0.466 e. The first-order valence-corrected chi connectivity index (χ1v) is 8.19. The van der Waals surface area contributed by atoms with E-state index in [4.69, 9.17) is 4.74 Å². The number of esters is 1. The number of carbonyl (C=O) groups excluding carboxylic acids is 1. The summed E-state index contributed by atoms with van der Waals surface area (Å²) in [6.07, 6.45) is 11.3. The van der Waals surface area contributed by atoms with E-state index in [1.165, 1.54) is 64.5 Å². The molecule has 0 bridgehead atoms. The van der Waals surface area contributed by atoms with Crippen molar-refractivity contribution in [3.63, 3.8) is 0 Å². The molecule has 2 aliphatic rings. The average molecular weight is 267 g/mol. The second-order valence-electron chi connectivity index (χ2n) is 6.15. The zero-order valence-electron chi connectivity index (χ0n) is 12.4. The minimum absolute atomic E-state index is 0.00444. The lowest BCUT2D eigenvalue weighted by Gasteiger charge is -2.32. The van der Waals surface area contributed by atoms with Crippen LogP contribution in [0.3, 0.4) is 0 Å². The molecule has 1 heterocycles. The van der Waals surface area contributed by atoms with Crippen molar-refractivity contribution in [3.05, 3.63) is 0 Å². The van der Waals surface area contributed by atoms with Crippen molar-refractivity contribution in [2.24, 2.45) is 5.92 Å². The summed E-state index contributed by atoms with van der Waals surface area (Å²) in [7, 11) is 0. The number of carbonyl (C=O) groups is 1. The average Bonchev–Trinajstić information content (AvgIpc) is 2.93. The number of ether oxygens (including phenoxy) is 1. The summed E-state index contributed by atoms with van der Waals surface area (Å²) in [4.78, 5) is 14.3. The standard InChI is InChI=1S/C16H29NO2/c1-2-19-16(18)13-15(17-10-6-7-11-17)12-14-8-4-3-5-9-14/h14-15H,2-13H2,1H3. The van der Waals surface area contributed by atoms with Gasteiger partial charge >= 0.3 is 5.97 Å². The van der Waals surface area contributed by atoms with E-state index < -0.39 is 0 Å². The van der Waals surface area contributed by atoms with Crippen molar-refractivity contribution in [1.29, 1.82) is 0 Å². The van der Waals surface area contributed by atoms with Crippen LogP contribution in [-0.2, 0) is 9.53 Å². The highest BCUT2D eigenvalue weighted by molar-refractivity contribution is 5.70. The summed E-state index contributed by atoms with van der Waals surface area (Å²) in [5.41, 5.74) is 0. The summed E-state index contributed by atoms with van der Waals surface area (Å²) >= 11 is 0. The summed E-state index contributed by atoms with van der Waals surface area (Å²) in [6.45, 7) is 4.76. The lowest BCUT2D eigenvalue weighted by Crippen LogP contribution is -2.37. The Bertz CT molecular complexity index is 268. The van der Waals surface area contributed by atoms with Crippen LogP contribution in [0.5, 0.6) is 0 Å². The Labute approximate surface area is 117 Å². The molecule has 1 saturated carbocycles. The second kappa shape index (κ2) is 7.88. The van der Waals surface area contributed by atoms with Crippen molar-refractivity contribution in [2.75, 3.05) is 19.7 Å². The van der Waals surface area contributed by atoms with Crippen LogP contribution in [0, 0.1) is 5.92 Å². The molecule has 0 aromatic carbocycles. The molecule has 0 aromatic rings. The van der Waals surface area contributed by atoms with Gasteiger partial charge in [0.25, 0.3) is 0 Å². The van der Waals surface area contributed by atoms with E-state index in [1.54, 1.807) is 0 Å². The number of rotatable bonds is 6. The van der Waals surface area contributed by atoms with Gasteiger partial charge in [0.1, 0.15) is 0 Å². The van der Waals surface area contributed by atoms with Gasteiger partial charge in [-0.15, -0.1) is 0 Å². The zero-order chi connectivity index (χ0) is 13.5. The van der Waals surface area contributed by atoms with Crippen LogP contribution in [0.25, 0.3) is 0 Å². The molecule has 110 valence electrons. The third kappa shape index (κ3) is 4.79. The molecule has 1 unspecified atom stereocenters. The van der Waals surface area contributed by atoms with Crippen LogP contribution in [0.2, 0.25) is 0 Å². The number of hydrogen-bond acceptors (Lipinski definition) is 3. The van der Waals surface area contributed by atoms with Gasteiger partial charge in [-0.25, -0.2) is 0 Å². The molecule has 0 radical (unpaired) electrons. The van der Waals surface area contributed by atoms with Crippen LogP contribution in [0.4, 0.5) is 0 Å². The molecule has 2 fully saturated rings. The Kier molecular flexibility index (Phi) is 6.15. The maximum atomic E-state index is 11.8. The lowest BCUT2D eigenvalue weighted by molar-refractivity contribution is -0.144. The predicted molar refractivity (Wildman–Crippen MR) is 77.0 cm³/mol. The Balaban J connectivity index is 1.86. The van der Waals surface area contributed by atoms with Gasteiger partial charge in [-0.2, -0.15) is 0 Å². The molecular formula is C16H29NO2. The highest BCUT2D eigenvalue weighted by atomic mass is 16.5. The Hall–Kier alpha value is -0.570. The van der Waals surface area contributed by atoms with Crippen LogP contribution < -0.4 is 0 Å². The van der Waals surface area contributed by atoms with Crippen LogP contribution in [0.1, 0.15) is 64.7 Å². The van der Waals surface area contributed by atoms with Crippen molar-refractivity contribution in [3.8, 4) is 0 Å². The van der Waals surface area contributed by atoms with Crippen LogP contribution in [0.15, 0.2) is 0 Å². The molecule has 1 saturated heterocycles. The van der Waals surface area contributed by atoms with Gasteiger partial charge in [0.15, 0.2) is 0 Å². The van der Waals surface area contributed by atoms with Gasteiger partial charge in [0, 0.05) is 6.04 Å². The van der Waals surface area contributed by atoms with E-state index in [0.29, 0.717) is 19.1 Å². The molecule has 1 aliphatic carbocycles. The number of hydrogen-bond donors (Lipinski definition) is 0. The molecule has 2 rings (SSSR count). The van der Waals surface area contributed by atoms with Crippen LogP contribution >= 0.6 is 0 Å². The first kappa shape index (κ1) is 14.8. The number of nitrogens with zero attached hydrogens (tertiary/aromatic N) is 1. The molecule has 0 N–H and O–H groups in total. The molecule has 3 nitrogen and oxygen atoms in total. The summed E-state index contributed by atoms with van der Waals surface area (Å²) in [5.74, 6) is 0.837. The van der Waals surface area contributed by atoms with Gasteiger partial charge in [-0.05, 0) is 45.2 Å². The van der Waals surface area contributed by atoms with E-state index in [-0.39, 0.29) is 5.97 Å². The predicted octanol–water partition coefficient (Wildman–Crippen LogP) is 3.37. The Morgan fingerprint density at radius 2 is 1.84 bits per heavy atom. The Morgan fingerprint density at radius 1 is 1.16 bits per heavy atom. The van der Waals surface area contributed by atoms with E-state index >= 15 is 0 Å². The molecule has 0 amide bonds. The maximum absolute atomic E-state index is 11.8.